The quantitative estimate of drug-likeness (QED) is 0.815. The molecule has 30 heavy (non-hydrogen) atoms. The van der Waals surface area contributed by atoms with Crippen molar-refractivity contribution in [2.24, 2.45) is 0 Å². The Labute approximate surface area is 173 Å². The molecule has 1 aliphatic rings. The van der Waals surface area contributed by atoms with E-state index in [2.05, 4.69) is 11.4 Å². The molecule has 2 aromatic rings. The maximum Gasteiger partial charge on any atom is 0.416 e. The van der Waals surface area contributed by atoms with Crippen molar-refractivity contribution in [3.63, 3.8) is 0 Å². The first-order chi connectivity index (χ1) is 14.1. The van der Waals surface area contributed by atoms with Crippen LogP contribution in [0.1, 0.15) is 25.0 Å². The van der Waals surface area contributed by atoms with Crippen LogP contribution >= 0.6 is 0 Å². The molecule has 0 bridgehead atoms. The lowest BCUT2D eigenvalue weighted by atomic mass is 10.0. The number of hydrogen-bond acceptors (Lipinski definition) is 4. The lowest BCUT2D eigenvalue weighted by Crippen LogP contribution is -2.56. The largest absolute Gasteiger partial charge is 0.416 e. The second-order valence-corrected chi connectivity index (χ2v) is 7.77. The maximum absolute atomic E-state index is 13.0. The molecule has 1 amide bonds. The van der Waals surface area contributed by atoms with Crippen LogP contribution in [-0.4, -0.2) is 42.5 Å². The lowest BCUT2D eigenvalue weighted by Gasteiger charge is -2.40. The van der Waals surface area contributed by atoms with Crippen LogP contribution in [-0.2, 0) is 11.0 Å². The van der Waals surface area contributed by atoms with Crippen LogP contribution in [0.3, 0.4) is 0 Å². The number of halogens is 3. The molecular weight excluding hydrogens is 393 g/mol. The zero-order valence-electron chi connectivity index (χ0n) is 16.8. The summed E-state index contributed by atoms with van der Waals surface area (Å²) in [6.45, 7) is 5.33. The zero-order chi connectivity index (χ0) is 21.9. The van der Waals surface area contributed by atoms with E-state index in [4.69, 9.17) is 5.26 Å². The molecule has 0 aliphatic carbocycles. The van der Waals surface area contributed by atoms with Gasteiger partial charge < -0.3 is 15.1 Å². The summed E-state index contributed by atoms with van der Waals surface area (Å²) in [4.78, 5) is 16.6. The van der Waals surface area contributed by atoms with E-state index < -0.39 is 17.3 Å². The summed E-state index contributed by atoms with van der Waals surface area (Å²) in [5.74, 6) is -0.0875. The van der Waals surface area contributed by atoms with Crippen molar-refractivity contribution in [1.82, 2.24) is 4.90 Å². The van der Waals surface area contributed by atoms with Crippen molar-refractivity contribution in [3.8, 4) is 6.07 Å². The van der Waals surface area contributed by atoms with E-state index in [0.717, 1.165) is 17.8 Å². The summed E-state index contributed by atoms with van der Waals surface area (Å²) in [6.07, 6.45) is -4.38. The number of anilines is 2. The lowest BCUT2D eigenvalue weighted by molar-refractivity contribution is -0.137. The number of nitrogens with zero attached hydrogens (tertiary/aromatic N) is 3. The van der Waals surface area contributed by atoms with Crippen LogP contribution in [0.2, 0.25) is 0 Å². The minimum atomic E-state index is -4.38. The second kappa shape index (κ2) is 8.27. The number of amides is 1. The van der Waals surface area contributed by atoms with Gasteiger partial charge in [-0.05, 0) is 56.3 Å². The van der Waals surface area contributed by atoms with Crippen molar-refractivity contribution in [1.29, 1.82) is 5.26 Å². The number of alkyl halides is 3. The maximum atomic E-state index is 13.0. The highest BCUT2D eigenvalue weighted by Crippen LogP contribution is 2.32. The van der Waals surface area contributed by atoms with E-state index >= 15 is 0 Å². The Balaban J connectivity index is 1.62. The Bertz CT molecular complexity index is 940. The molecule has 1 fully saturated rings. The summed E-state index contributed by atoms with van der Waals surface area (Å²) >= 11 is 0. The Morgan fingerprint density at radius 3 is 2.23 bits per heavy atom. The van der Waals surface area contributed by atoms with Gasteiger partial charge in [-0.1, -0.05) is 6.07 Å². The third-order valence-corrected chi connectivity index (χ3v) is 5.11. The van der Waals surface area contributed by atoms with Crippen molar-refractivity contribution < 1.29 is 18.0 Å². The van der Waals surface area contributed by atoms with Gasteiger partial charge in [0.2, 0.25) is 5.91 Å². The van der Waals surface area contributed by atoms with Crippen LogP contribution in [0.5, 0.6) is 0 Å². The van der Waals surface area contributed by atoms with Gasteiger partial charge in [0.15, 0.2) is 0 Å². The molecule has 0 atom stereocenters. The fourth-order valence-electron chi connectivity index (χ4n) is 3.48. The Hall–Kier alpha value is -3.21. The third-order valence-electron chi connectivity index (χ3n) is 5.11. The van der Waals surface area contributed by atoms with E-state index in [0.29, 0.717) is 37.4 Å². The molecule has 1 heterocycles. The van der Waals surface area contributed by atoms with Gasteiger partial charge in [0.05, 0.1) is 17.2 Å². The predicted octanol–water partition coefficient (Wildman–Crippen LogP) is 4.12. The molecule has 1 aliphatic heterocycles. The molecular formula is C22H23F3N4O. The van der Waals surface area contributed by atoms with E-state index in [1.165, 1.54) is 6.07 Å². The normalized spacial score (nSPS) is 14.9. The number of carbonyl (C=O) groups is 1. The Morgan fingerprint density at radius 1 is 1.03 bits per heavy atom. The summed E-state index contributed by atoms with van der Waals surface area (Å²) in [6, 6.07) is 14.2. The van der Waals surface area contributed by atoms with E-state index in [-0.39, 0.29) is 5.91 Å². The highest BCUT2D eigenvalue weighted by atomic mass is 19.4. The first-order valence-corrected chi connectivity index (χ1v) is 9.60. The average molecular weight is 416 g/mol. The van der Waals surface area contributed by atoms with Gasteiger partial charge in [0.25, 0.3) is 0 Å². The minimum Gasteiger partial charge on any atom is -0.372 e. The smallest absolute Gasteiger partial charge is 0.372 e. The van der Waals surface area contributed by atoms with E-state index in [1.54, 1.807) is 49.1 Å². The summed E-state index contributed by atoms with van der Waals surface area (Å²) in [5.41, 5.74) is 0.232. The molecule has 158 valence electrons. The number of nitriles is 1. The molecule has 8 heteroatoms. The second-order valence-electron chi connectivity index (χ2n) is 7.77. The molecule has 0 saturated carbocycles. The number of hydrogen-bond donors (Lipinski definition) is 1. The topological polar surface area (TPSA) is 59.4 Å². The fraction of sp³-hybridized carbons (Fsp3) is 0.364. The highest BCUT2D eigenvalue weighted by molar-refractivity contribution is 5.88. The van der Waals surface area contributed by atoms with Gasteiger partial charge in [-0.25, -0.2) is 0 Å². The number of carbonyl (C=O) groups excluding carboxylic acids is 1. The Morgan fingerprint density at radius 2 is 1.67 bits per heavy atom. The van der Waals surface area contributed by atoms with Gasteiger partial charge in [-0.15, -0.1) is 0 Å². The summed E-state index contributed by atoms with van der Waals surface area (Å²) in [7, 11) is 0. The molecule has 0 unspecified atom stereocenters. The molecule has 2 aromatic carbocycles. The molecule has 1 N–H and O–H groups in total. The molecule has 5 nitrogen and oxygen atoms in total. The van der Waals surface area contributed by atoms with Crippen molar-refractivity contribution in [3.05, 3.63) is 59.7 Å². The first kappa shape index (κ1) is 21.5. The number of rotatable bonds is 4. The summed E-state index contributed by atoms with van der Waals surface area (Å²) in [5, 5.41) is 12.1. The van der Waals surface area contributed by atoms with Crippen molar-refractivity contribution in [2.75, 3.05) is 36.4 Å². The van der Waals surface area contributed by atoms with Gasteiger partial charge in [-0.2, -0.15) is 18.4 Å². The third kappa shape index (κ3) is 4.85. The molecule has 1 saturated heterocycles. The zero-order valence-corrected chi connectivity index (χ0v) is 16.8. The number of piperazine rings is 1. The van der Waals surface area contributed by atoms with Crippen LogP contribution < -0.4 is 10.2 Å². The average Bonchev–Trinajstić information content (AvgIpc) is 2.73. The monoisotopic (exact) mass is 416 g/mol. The predicted molar refractivity (Wildman–Crippen MR) is 109 cm³/mol. The summed E-state index contributed by atoms with van der Waals surface area (Å²) < 4.78 is 38.9. The molecule has 0 radical (unpaired) electrons. The van der Waals surface area contributed by atoms with Crippen LogP contribution in [0, 0.1) is 11.3 Å². The van der Waals surface area contributed by atoms with Gasteiger partial charge in [-0.3, -0.25) is 4.79 Å². The van der Waals surface area contributed by atoms with Crippen LogP contribution in [0.25, 0.3) is 0 Å². The minimum absolute atomic E-state index is 0.0875. The van der Waals surface area contributed by atoms with Gasteiger partial charge in [0.1, 0.15) is 5.54 Å². The SMILES string of the molecule is CC(C)(Nc1ccc(C#N)cc1)C(=O)N1CCN(c2cccc(C(F)(F)F)c2)CC1. The molecule has 0 spiro atoms. The highest BCUT2D eigenvalue weighted by Gasteiger charge is 2.34. The standard InChI is InChI=1S/C22H23F3N4O/c1-21(2,27-18-8-6-16(15-26)7-9-18)20(30)29-12-10-28(11-13-29)19-5-3-4-17(14-19)22(23,24)25/h3-9,14,27H,10-13H2,1-2H3. The van der Waals surface area contributed by atoms with Crippen LogP contribution in [0.4, 0.5) is 24.5 Å². The van der Waals surface area contributed by atoms with E-state index in [1.807, 2.05) is 4.90 Å². The van der Waals surface area contributed by atoms with Gasteiger partial charge >= 0.3 is 6.18 Å². The molecule has 3 rings (SSSR count). The van der Waals surface area contributed by atoms with Crippen molar-refractivity contribution >= 4 is 17.3 Å². The number of benzene rings is 2. The van der Waals surface area contributed by atoms with Gasteiger partial charge in [0, 0.05) is 37.6 Å². The van der Waals surface area contributed by atoms with Crippen LogP contribution in [0.15, 0.2) is 48.5 Å². The number of nitrogens with one attached hydrogen (secondary N) is 1. The van der Waals surface area contributed by atoms with Crippen molar-refractivity contribution in [2.45, 2.75) is 25.6 Å². The molecule has 0 aromatic heterocycles. The Kier molecular flexibility index (Phi) is 5.92. The first-order valence-electron chi connectivity index (χ1n) is 9.60. The fourth-order valence-corrected chi connectivity index (χ4v) is 3.48. The van der Waals surface area contributed by atoms with E-state index in [9.17, 15) is 18.0 Å².